The molecule has 0 fully saturated rings. The predicted octanol–water partition coefficient (Wildman–Crippen LogP) is 11.9. The average molecular weight is 560 g/mol. The van der Waals surface area contributed by atoms with Crippen LogP contribution in [0, 0.1) is 0 Å². The van der Waals surface area contributed by atoms with Gasteiger partial charge in [-0.15, -0.1) is 0 Å². The van der Waals surface area contributed by atoms with Gasteiger partial charge in [0.1, 0.15) is 0 Å². The molecule has 1 aliphatic carbocycles. The largest absolute Gasteiger partial charge is 0.309 e. The average Bonchev–Trinajstić information content (AvgIpc) is 3.21. The van der Waals surface area contributed by atoms with Gasteiger partial charge in [-0.2, -0.15) is 0 Å². The fourth-order valence-electron chi connectivity index (χ4n) is 7.20. The summed E-state index contributed by atoms with van der Waals surface area (Å²) < 4.78 is 2.39. The molecule has 0 unspecified atom stereocenters. The van der Waals surface area contributed by atoms with E-state index in [0.717, 1.165) is 6.42 Å². The number of hydrogen-bond acceptors (Lipinski definition) is 0. The molecule has 0 saturated heterocycles. The zero-order chi connectivity index (χ0) is 29.0. The summed E-state index contributed by atoms with van der Waals surface area (Å²) in [6.07, 6.45) is 12.0. The molecule has 0 bridgehead atoms. The lowest BCUT2D eigenvalue weighted by Crippen LogP contribution is -1.94. The molecule has 0 spiro atoms. The highest BCUT2D eigenvalue weighted by molar-refractivity contribution is 6.25. The molecule has 0 aliphatic heterocycles. The Bertz CT molecular complexity index is 2480. The van der Waals surface area contributed by atoms with E-state index >= 15 is 0 Å². The second-order valence-corrected chi connectivity index (χ2v) is 11.6. The number of para-hydroxylation sites is 1. The number of fused-ring (bicyclic) bond motifs is 9. The molecule has 7 aromatic carbocycles. The molecular weight excluding hydrogens is 530 g/mol. The van der Waals surface area contributed by atoms with Crippen LogP contribution in [0.15, 0.2) is 164 Å². The first-order chi connectivity index (χ1) is 21.8. The maximum Gasteiger partial charge on any atom is 0.0541 e. The second-order valence-electron chi connectivity index (χ2n) is 11.6. The first-order valence-electron chi connectivity index (χ1n) is 15.4. The van der Waals surface area contributed by atoms with E-state index in [9.17, 15) is 0 Å². The van der Waals surface area contributed by atoms with Crippen molar-refractivity contribution in [1.29, 1.82) is 0 Å². The summed E-state index contributed by atoms with van der Waals surface area (Å²) >= 11 is 0. The molecule has 1 aromatic heterocycles. The molecule has 9 rings (SSSR count). The Morgan fingerprint density at radius 2 is 0.932 bits per heavy atom. The summed E-state index contributed by atoms with van der Waals surface area (Å²) in [5.41, 5.74) is 8.59. The van der Waals surface area contributed by atoms with Crippen molar-refractivity contribution in [2.45, 2.75) is 6.42 Å². The first-order valence-corrected chi connectivity index (χ1v) is 15.4. The van der Waals surface area contributed by atoms with Gasteiger partial charge in [-0.05, 0) is 97.4 Å². The van der Waals surface area contributed by atoms with Crippen LogP contribution in [0.3, 0.4) is 0 Å². The van der Waals surface area contributed by atoms with Crippen molar-refractivity contribution < 1.29 is 0 Å². The molecule has 1 heteroatoms. The van der Waals surface area contributed by atoms with Crippen LogP contribution in [0.5, 0.6) is 0 Å². The fourth-order valence-corrected chi connectivity index (χ4v) is 7.20. The van der Waals surface area contributed by atoms with E-state index in [4.69, 9.17) is 0 Å². The standard InChI is InChI=1S/C43H29N/c1-2-4-14-31(13-3-1)44-42-22-12-11-21-39(42)41-28-30(24-26-43(41)44)33-16-6-5-15-32(33)29-23-25-38-36-19-8-7-17-34(36)35-18-9-10-20-37(35)40(38)27-29/h1,3-28H,2H2. The smallest absolute Gasteiger partial charge is 0.0541 e. The van der Waals surface area contributed by atoms with Gasteiger partial charge in [0.05, 0.1) is 11.0 Å². The Morgan fingerprint density at radius 1 is 0.409 bits per heavy atom. The third-order valence-electron chi connectivity index (χ3n) is 9.19. The molecule has 1 heterocycles. The van der Waals surface area contributed by atoms with Crippen molar-refractivity contribution in [2.75, 3.05) is 0 Å². The summed E-state index contributed by atoms with van der Waals surface area (Å²) in [4.78, 5) is 0. The summed E-state index contributed by atoms with van der Waals surface area (Å²) in [7, 11) is 0. The van der Waals surface area contributed by atoms with Crippen molar-refractivity contribution in [2.24, 2.45) is 0 Å². The predicted molar refractivity (Wildman–Crippen MR) is 190 cm³/mol. The molecule has 0 amide bonds. The van der Waals surface area contributed by atoms with E-state index < -0.39 is 0 Å². The lowest BCUT2D eigenvalue weighted by Gasteiger charge is -2.14. The van der Waals surface area contributed by atoms with E-state index in [1.807, 2.05) is 0 Å². The van der Waals surface area contributed by atoms with Crippen molar-refractivity contribution in [1.82, 2.24) is 4.57 Å². The Kier molecular flexibility index (Phi) is 5.64. The Morgan fingerprint density at radius 3 is 1.64 bits per heavy atom. The minimum atomic E-state index is 0.957. The number of allylic oxidation sites excluding steroid dienone is 6. The van der Waals surface area contributed by atoms with Gasteiger partial charge in [0.15, 0.2) is 0 Å². The number of rotatable bonds is 3. The van der Waals surface area contributed by atoms with Gasteiger partial charge < -0.3 is 4.57 Å². The van der Waals surface area contributed by atoms with Gasteiger partial charge in [-0.3, -0.25) is 0 Å². The van der Waals surface area contributed by atoms with Crippen LogP contribution in [0.4, 0.5) is 0 Å². The SMILES string of the molecule is C1=CCC=CC(n2c3ccccc3c3cc(-c4ccccc4-c4ccc5c6ccccc6c6ccccc6c5c4)ccc32)=C1. The molecule has 0 N–H and O–H groups in total. The van der Waals surface area contributed by atoms with Gasteiger partial charge in [-0.25, -0.2) is 0 Å². The van der Waals surface area contributed by atoms with Crippen LogP contribution in [0.1, 0.15) is 6.42 Å². The second kappa shape index (κ2) is 9.97. The topological polar surface area (TPSA) is 4.93 Å². The van der Waals surface area contributed by atoms with Crippen LogP contribution >= 0.6 is 0 Å². The van der Waals surface area contributed by atoms with Gasteiger partial charge in [0, 0.05) is 16.5 Å². The Balaban J connectivity index is 1.26. The number of benzene rings is 7. The Hall–Kier alpha value is -5.66. The van der Waals surface area contributed by atoms with Gasteiger partial charge in [0.2, 0.25) is 0 Å². The van der Waals surface area contributed by atoms with Gasteiger partial charge in [0.25, 0.3) is 0 Å². The highest BCUT2D eigenvalue weighted by atomic mass is 15.0. The molecule has 0 radical (unpaired) electrons. The Labute approximate surface area is 256 Å². The highest BCUT2D eigenvalue weighted by Gasteiger charge is 2.16. The van der Waals surface area contributed by atoms with E-state index in [-0.39, 0.29) is 0 Å². The van der Waals surface area contributed by atoms with Gasteiger partial charge >= 0.3 is 0 Å². The lowest BCUT2D eigenvalue weighted by atomic mass is 9.89. The van der Waals surface area contributed by atoms with Crippen LogP contribution in [0.2, 0.25) is 0 Å². The molecule has 8 aromatic rings. The number of nitrogens with zero attached hydrogens (tertiary/aromatic N) is 1. The summed E-state index contributed by atoms with van der Waals surface area (Å²) in [5, 5.41) is 10.3. The van der Waals surface area contributed by atoms with Crippen LogP contribution in [-0.4, -0.2) is 4.57 Å². The maximum absolute atomic E-state index is 2.39. The van der Waals surface area contributed by atoms with Crippen LogP contribution < -0.4 is 0 Å². The fraction of sp³-hybridized carbons (Fsp3) is 0.0233. The van der Waals surface area contributed by atoms with E-state index in [2.05, 4.69) is 168 Å². The molecule has 1 nitrogen and oxygen atoms in total. The molecular formula is C43H29N. The summed E-state index contributed by atoms with van der Waals surface area (Å²) in [6, 6.07) is 49.2. The van der Waals surface area contributed by atoms with E-state index in [0.29, 0.717) is 0 Å². The van der Waals surface area contributed by atoms with Crippen molar-refractivity contribution >= 4 is 59.8 Å². The normalized spacial score (nSPS) is 13.3. The number of hydrogen-bond donors (Lipinski definition) is 0. The highest BCUT2D eigenvalue weighted by Crippen LogP contribution is 2.41. The minimum Gasteiger partial charge on any atom is -0.309 e. The van der Waals surface area contributed by atoms with E-state index in [1.165, 1.54) is 82.1 Å². The quantitative estimate of drug-likeness (QED) is 0.190. The van der Waals surface area contributed by atoms with Crippen LogP contribution in [0.25, 0.3) is 82.1 Å². The van der Waals surface area contributed by atoms with Crippen LogP contribution in [-0.2, 0) is 0 Å². The monoisotopic (exact) mass is 559 g/mol. The zero-order valence-electron chi connectivity index (χ0n) is 24.2. The van der Waals surface area contributed by atoms with Crippen molar-refractivity contribution in [3.05, 3.63) is 164 Å². The van der Waals surface area contributed by atoms with Gasteiger partial charge in [-0.1, -0.05) is 127 Å². The van der Waals surface area contributed by atoms with Crippen molar-refractivity contribution in [3.8, 4) is 22.3 Å². The number of aromatic nitrogens is 1. The summed E-state index contributed by atoms with van der Waals surface area (Å²) in [6.45, 7) is 0. The molecule has 44 heavy (non-hydrogen) atoms. The molecule has 0 atom stereocenters. The first kappa shape index (κ1) is 24.9. The van der Waals surface area contributed by atoms with E-state index in [1.54, 1.807) is 0 Å². The third kappa shape index (κ3) is 3.80. The maximum atomic E-state index is 2.39. The lowest BCUT2D eigenvalue weighted by molar-refractivity contribution is 1.24. The minimum absolute atomic E-state index is 0.957. The van der Waals surface area contributed by atoms with Crippen molar-refractivity contribution in [3.63, 3.8) is 0 Å². The third-order valence-corrected chi connectivity index (χ3v) is 9.19. The molecule has 0 saturated carbocycles. The zero-order valence-corrected chi connectivity index (χ0v) is 24.2. The molecule has 206 valence electrons. The molecule has 1 aliphatic rings. The summed E-state index contributed by atoms with van der Waals surface area (Å²) in [5.74, 6) is 0.